The predicted octanol–water partition coefficient (Wildman–Crippen LogP) is 4.69. The third-order valence-corrected chi connectivity index (χ3v) is 7.42. The van der Waals surface area contributed by atoms with Crippen molar-refractivity contribution in [2.75, 3.05) is 23.3 Å². The maximum Gasteiger partial charge on any atom is 0.329 e. The third kappa shape index (κ3) is 5.50. The van der Waals surface area contributed by atoms with E-state index in [1.807, 2.05) is 32.0 Å². The molecule has 0 radical (unpaired) electrons. The van der Waals surface area contributed by atoms with Gasteiger partial charge in [0.1, 0.15) is 5.02 Å². The molecule has 1 aliphatic rings. The molecule has 0 amide bonds. The molecule has 10 heteroatoms. The predicted molar refractivity (Wildman–Crippen MR) is 143 cm³/mol. The molecule has 4 rings (SSSR count). The Hall–Kier alpha value is -3.09. The number of hydrogen-bond acceptors (Lipinski definition) is 7. The van der Waals surface area contributed by atoms with Crippen LogP contribution in [0.5, 0.6) is 0 Å². The quantitative estimate of drug-likeness (QED) is 0.428. The van der Waals surface area contributed by atoms with Gasteiger partial charge in [0.05, 0.1) is 28.9 Å². The molecule has 3 heterocycles. The summed E-state index contributed by atoms with van der Waals surface area (Å²) >= 11 is 6.44. The minimum Gasteiger partial charge on any atom is -0.390 e. The van der Waals surface area contributed by atoms with Crippen molar-refractivity contribution in [3.05, 3.63) is 39.9 Å². The van der Waals surface area contributed by atoms with Crippen molar-refractivity contribution >= 4 is 40.1 Å². The normalized spacial score (nSPS) is 17.7. The highest BCUT2D eigenvalue weighted by molar-refractivity contribution is 6.32. The molecular formula is C26H34ClN7O2. The molecule has 192 valence electrons. The minimum atomic E-state index is -0.832. The summed E-state index contributed by atoms with van der Waals surface area (Å²) in [5.41, 5.74) is 1.46. The molecule has 0 bridgehead atoms. The Bertz CT molecular complexity index is 1320. The molecule has 1 aromatic carbocycles. The van der Waals surface area contributed by atoms with Gasteiger partial charge in [-0.3, -0.25) is 9.13 Å². The summed E-state index contributed by atoms with van der Waals surface area (Å²) in [6.07, 6.45) is 5.25. The van der Waals surface area contributed by atoms with Crippen molar-refractivity contribution < 1.29 is 5.11 Å². The fourth-order valence-corrected chi connectivity index (χ4v) is 4.86. The van der Waals surface area contributed by atoms with Crippen LogP contribution < -0.4 is 15.9 Å². The molecule has 3 aromatic rings. The zero-order valence-corrected chi connectivity index (χ0v) is 21.9. The molecule has 1 aliphatic heterocycles. The Balaban J connectivity index is 1.63. The van der Waals surface area contributed by atoms with Crippen LogP contribution in [0.2, 0.25) is 5.02 Å². The molecule has 2 unspecified atom stereocenters. The number of aliphatic hydroxyl groups is 1. The molecule has 2 N–H and O–H groups in total. The summed E-state index contributed by atoms with van der Waals surface area (Å²) in [4.78, 5) is 24.3. The molecular weight excluding hydrogens is 478 g/mol. The topological polar surface area (TPSA) is 112 Å². The highest BCUT2D eigenvalue weighted by Crippen LogP contribution is 2.29. The van der Waals surface area contributed by atoms with Crippen molar-refractivity contribution in [3.63, 3.8) is 0 Å². The van der Waals surface area contributed by atoms with E-state index >= 15 is 0 Å². The van der Waals surface area contributed by atoms with Crippen molar-refractivity contribution in [1.29, 1.82) is 5.26 Å². The average Bonchev–Trinajstić information content (AvgIpc) is 3.14. The van der Waals surface area contributed by atoms with Gasteiger partial charge in [-0.1, -0.05) is 18.5 Å². The van der Waals surface area contributed by atoms with Gasteiger partial charge in [0.15, 0.2) is 5.82 Å². The fourth-order valence-electron chi connectivity index (χ4n) is 4.73. The fraction of sp³-hybridized carbons (Fsp3) is 0.538. The largest absolute Gasteiger partial charge is 0.390 e. The Morgan fingerprint density at radius 2 is 2.11 bits per heavy atom. The van der Waals surface area contributed by atoms with Crippen LogP contribution in [0.15, 0.2) is 29.2 Å². The number of piperidine rings is 1. The molecule has 0 saturated carbocycles. The van der Waals surface area contributed by atoms with Gasteiger partial charge in [0, 0.05) is 38.3 Å². The average molecular weight is 512 g/mol. The van der Waals surface area contributed by atoms with Gasteiger partial charge >= 0.3 is 5.69 Å². The minimum absolute atomic E-state index is 0.0871. The zero-order chi connectivity index (χ0) is 25.9. The Kier molecular flexibility index (Phi) is 7.86. The van der Waals surface area contributed by atoms with Crippen LogP contribution in [-0.4, -0.2) is 42.9 Å². The van der Waals surface area contributed by atoms with E-state index in [2.05, 4.69) is 26.3 Å². The summed E-state index contributed by atoms with van der Waals surface area (Å²) < 4.78 is 3.47. The van der Waals surface area contributed by atoms with Crippen molar-refractivity contribution in [2.24, 2.45) is 5.92 Å². The first kappa shape index (κ1) is 26.0. The van der Waals surface area contributed by atoms with Crippen LogP contribution in [0.1, 0.15) is 52.9 Å². The number of nitrogens with zero attached hydrogens (tertiary/aromatic N) is 6. The van der Waals surface area contributed by atoms with Gasteiger partial charge in [-0.2, -0.15) is 10.2 Å². The molecule has 2 aromatic heterocycles. The summed E-state index contributed by atoms with van der Waals surface area (Å²) in [6, 6.07) is 8.02. The first-order valence-corrected chi connectivity index (χ1v) is 13.0. The Morgan fingerprint density at radius 1 is 1.31 bits per heavy atom. The Labute approximate surface area is 216 Å². The molecule has 2 atom stereocenters. The number of anilines is 3. The highest BCUT2D eigenvalue weighted by atomic mass is 35.5. The van der Waals surface area contributed by atoms with Crippen LogP contribution >= 0.6 is 11.6 Å². The molecule has 0 aliphatic carbocycles. The zero-order valence-electron chi connectivity index (χ0n) is 21.2. The van der Waals surface area contributed by atoms with Crippen molar-refractivity contribution in [3.8, 4) is 6.07 Å². The molecule has 1 saturated heterocycles. The van der Waals surface area contributed by atoms with Crippen LogP contribution in [0.25, 0.3) is 11.0 Å². The summed E-state index contributed by atoms with van der Waals surface area (Å²) in [5, 5.41) is 23.3. The molecule has 1 fully saturated rings. The number of nitriles is 1. The standard InChI is InChI=1S/C26H34ClN7O2/c1-4-26(3,36)11-14-34-22-15-19(8-9-21(22)33(5-2)25(34)35)30-23-20(27)16-29-24(31-23)32-13-6-7-18(17-32)10-12-28/h8-9,15-16,18,36H,4-7,10-11,13-14,17H2,1-3H3,(H,29,30,31). The number of fused-ring (bicyclic) bond motifs is 1. The van der Waals surface area contributed by atoms with E-state index < -0.39 is 5.60 Å². The van der Waals surface area contributed by atoms with E-state index in [-0.39, 0.29) is 5.69 Å². The van der Waals surface area contributed by atoms with Gasteiger partial charge in [0.2, 0.25) is 5.95 Å². The van der Waals surface area contributed by atoms with Crippen molar-refractivity contribution in [1.82, 2.24) is 19.1 Å². The second-order valence-corrected chi connectivity index (χ2v) is 10.2. The lowest BCUT2D eigenvalue weighted by atomic mass is 9.96. The maximum absolute atomic E-state index is 13.1. The van der Waals surface area contributed by atoms with Gasteiger partial charge in [-0.05, 0) is 63.6 Å². The molecule has 9 nitrogen and oxygen atoms in total. The second-order valence-electron chi connectivity index (χ2n) is 9.79. The lowest BCUT2D eigenvalue weighted by Crippen LogP contribution is -2.36. The number of benzene rings is 1. The van der Waals surface area contributed by atoms with Crippen LogP contribution in [-0.2, 0) is 13.1 Å². The highest BCUT2D eigenvalue weighted by Gasteiger charge is 2.23. The van der Waals surface area contributed by atoms with E-state index in [9.17, 15) is 9.90 Å². The second kappa shape index (κ2) is 10.9. The smallest absolute Gasteiger partial charge is 0.329 e. The first-order valence-electron chi connectivity index (χ1n) is 12.6. The number of hydrogen-bond donors (Lipinski definition) is 2. The molecule has 0 spiro atoms. The number of imidazole rings is 1. The van der Waals surface area contributed by atoms with Gasteiger partial charge in [0.25, 0.3) is 0 Å². The van der Waals surface area contributed by atoms with Crippen molar-refractivity contribution in [2.45, 2.75) is 71.6 Å². The summed E-state index contributed by atoms with van der Waals surface area (Å²) in [7, 11) is 0. The van der Waals surface area contributed by atoms with Gasteiger partial charge in [-0.25, -0.2) is 9.78 Å². The molecule has 36 heavy (non-hydrogen) atoms. The maximum atomic E-state index is 13.1. The number of nitrogens with one attached hydrogen (secondary N) is 1. The number of halogens is 1. The summed E-state index contributed by atoms with van der Waals surface area (Å²) in [6.45, 7) is 8.25. The van der Waals surface area contributed by atoms with E-state index in [0.29, 0.717) is 55.1 Å². The number of aromatic nitrogens is 4. The van der Waals surface area contributed by atoms with Crippen LogP contribution in [0.3, 0.4) is 0 Å². The SMILES string of the molecule is CCn1c(=O)n(CCC(C)(O)CC)c2cc(Nc3nc(N4CCCC(CC#N)C4)ncc3Cl)ccc21. The van der Waals surface area contributed by atoms with E-state index in [1.165, 1.54) is 0 Å². The van der Waals surface area contributed by atoms with E-state index in [4.69, 9.17) is 16.9 Å². The lowest BCUT2D eigenvalue weighted by molar-refractivity contribution is 0.0426. The van der Waals surface area contributed by atoms with E-state index in [1.54, 1.807) is 22.3 Å². The monoisotopic (exact) mass is 511 g/mol. The van der Waals surface area contributed by atoms with Crippen LogP contribution in [0.4, 0.5) is 17.5 Å². The number of aryl methyl sites for hydroxylation is 2. The summed E-state index contributed by atoms with van der Waals surface area (Å²) in [5.74, 6) is 1.39. The Morgan fingerprint density at radius 3 is 2.83 bits per heavy atom. The van der Waals surface area contributed by atoms with Gasteiger partial charge < -0.3 is 15.3 Å². The third-order valence-electron chi connectivity index (χ3n) is 7.15. The van der Waals surface area contributed by atoms with Gasteiger partial charge in [-0.15, -0.1) is 0 Å². The van der Waals surface area contributed by atoms with Crippen LogP contribution in [0, 0.1) is 17.2 Å². The lowest BCUT2D eigenvalue weighted by Gasteiger charge is -2.31. The number of rotatable bonds is 9. The first-order chi connectivity index (χ1) is 17.3. The van der Waals surface area contributed by atoms with E-state index in [0.717, 1.165) is 42.7 Å².